The molecular formula is C16H18N4O3S. The van der Waals surface area contributed by atoms with Crippen molar-refractivity contribution in [1.29, 1.82) is 0 Å². The molecule has 0 spiro atoms. The van der Waals surface area contributed by atoms with Gasteiger partial charge in [0.25, 0.3) is 5.91 Å². The van der Waals surface area contributed by atoms with Crippen molar-refractivity contribution in [1.82, 2.24) is 15.1 Å². The number of aromatic nitrogens is 2. The average molecular weight is 346 g/mol. The predicted octanol–water partition coefficient (Wildman–Crippen LogP) is 2.43. The summed E-state index contributed by atoms with van der Waals surface area (Å²) in [4.78, 5) is 25.8. The van der Waals surface area contributed by atoms with E-state index in [2.05, 4.69) is 15.5 Å². The minimum Gasteiger partial charge on any atom is -0.459 e. The van der Waals surface area contributed by atoms with Crippen molar-refractivity contribution in [2.24, 2.45) is 0 Å². The zero-order chi connectivity index (χ0) is 16.8. The second-order valence-corrected chi connectivity index (χ2v) is 6.41. The number of nitrogens with one attached hydrogen (secondary N) is 1. The number of furan rings is 1. The lowest BCUT2D eigenvalue weighted by atomic mass is 10.1. The molecule has 0 unspecified atom stereocenters. The number of hydrogen-bond acceptors (Lipinski definition) is 6. The van der Waals surface area contributed by atoms with Gasteiger partial charge in [0.1, 0.15) is 5.03 Å². The Balaban J connectivity index is 1.49. The molecule has 3 rings (SSSR count). The molecule has 0 saturated carbocycles. The van der Waals surface area contributed by atoms with Gasteiger partial charge in [0.15, 0.2) is 11.6 Å². The van der Waals surface area contributed by atoms with Crippen LogP contribution in [-0.2, 0) is 4.79 Å². The number of nitrogens with zero attached hydrogens (tertiary/aromatic N) is 3. The van der Waals surface area contributed by atoms with Gasteiger partial charge in [-0.25, -0.2) is 0 Å². The number of likely N-dealkylation sites (tertiary alicyclic amines) is 1. The summed E-state index contributed by atoms with van der Waals surface area (Å²) in [5.41, 5.74) is 0. The Morgan fingerprint density at radius 3 is 2.67 bits per heavy atom. The molecule has 1 fully saturated rings. The van der Waals surface area contributed by atoms with Crippen molar-refractivity contribution < 1.29 is 14.0 Å². The summed E-state index contributed by atoms with van der Waals surface area (Å²) in [5, 5.41) is 11.2. The van der Waals surface area contributed by atoms with Crippen LogP contribution in [0.5, 0.6) is 0 Å². The first kappa shape index (κ1) is 16.5. The highest BCUT2D eigenvalue weighted by Gasteiger charge is 2.16. The van der Waals surface area contributed by atoms with E-state index < -0.39 is 0 Å². The van der Waals surface area contributed by atoms with E-state index in [9.17, 15) is 9.59 Å². The Labute approximate surface area is 143 Å². The van der Waals surface area contributed by atoms with Crippen LogP contribution in [0.2, 0.25) is 0 Å². The van der Waals surface area contributed by atoms with Crippen LogP contribution in [0.4, 0.5) is 5.82 Å². The van der Waals surface area contributed by atoms with E-state index in [-0.39, 0.29) is 17.6 Å². The molecule has 1 saturated heterocycles. The highest BCUT2D eigenvalue weighted by Crippen LogP contribution is 2.18. The molecule has 1 N–H and O–H groups in total. The summed E-state index contributed by atoms with van der Waals surface area (Å²) < 4.78 is 5.01. The van der Waals surface area contributed by atoms with Crippen molar-refractivity contribution >= 4 is 29.4 Å². The Bertz CT molecular complexity index is 682. The zero-order valence-electron chi connectivity index (χ0n) is 13.1. The third-order valence-corrected chi connectivity index (χ3v) is 4.58. The summed E-state index contributed by atoms with van der Waals surface area (Å²) in [7, 11) is 0. The second kappa shape index (κ2) is 7.96. The van der Waals surface area contributed by atoms with E-state index >= 15 is 0 Å². The van der Waals surface area contributed by atoms with E-state index in [1.165, 1.54) is 24.4 Å². The third-order valence-electron chi connectivity index (χ3n) is 3.68. The standard InChI is InChI=1S/C16H18N4O3S/c21-15(20-8-2-1-3-9-20)11-24-14-7-6-13(18-19-14)17-16(22)12-5-4-10-23-12/h4-7,10H,1-3,8-9,11H2,(H,17,18,22). The molecule has 2 aromatic rings. The maximum atomic E-state index is 12.1. The monoisotopic (exact) mass is 346 g/mol. The number of piperidine rings is 1. The predicted molar refractivity (Wildman–Crippen MR) is 89.8 cm³/mol. The fourth-order valence-corrected chi connectivity index (χ4v) is 3.14. The fourth-order valence-electron chi connectivity index (χ4n) is 2.42. The van der Waals surface area contributed by atoms with Gasteiger partial charge >= 0.3 is 0 Å². The van der Waals surface area contributed by atoms with Gasteiger partial charge in [-0.15, -0.1) is 10.2 Å². The van der Waals surface area contributed by atoms with E-state index in [0.717, 1.165) is 25.9 Å². The van der Waals surface area contributed by atoms with Gasteiger partial charge in [-0.05, 0) is 43.5 Å². The molecule has 1 aliphatic rings. The fraction of sp³-hybridized carbons (Fsp3) is 0.375. The van der Waals surface area contributed by atoms with Gasteiger partial charge in [-0.2, -0.15) is 0 Å². The largest absolute Gasteiger partial charge is 0.459 e. The first-order valence-electron chi connectivity index (χ1n) is 7.81. The lowest BCUT2D eigenvalue weighted by Gasteiger charge is -2.26. The summed E-state index contributed by atoms with van der Waals surface area (Å²) in [5.74, 6) is 0.657. The highest BCUT2D eigenvalue weighted by molar-refractivity contribution is 7.99. The molecule has 0 radical (unpaired) electrons. The van der Waals surface area contributed by atoms with Crippen molar-refractivity contribution in [2.75, 3.05) is 24.2 Å². The van der Waals surface area contributed by atoms with Crippen LogP contribution in [0.15, 0.2) is 40.0 Å². The first-order valence-corrected chi connectivity index (χ1v) is 8.80. The maximum absolute atomic E-state index is 12.1. The van der Waals surface area contributed by atoms with Gasteiger partial charge in [-0.3, -0.25) is 9.59 Å². The van der Waals surface area contributed by atoms with Gasteiger partial charge < -0.3 is 14.6 Å². The maximum Gasteiger partial charge on any atom is 0.292 e. The summed E-state index contributed by atoms with van der Waals surface area (Å²) in [6.07, 6.45) is 4.80. The Morgan fingerprint density at radius 1 is 1.17 bits per heavy atom. The topological polar surface area (TPSA) is 88.3 Å². The SMILES string of the molecule is O=C(Nc1ccc(SCC(=O)N2CCCCC2)nn1)c1ccco1. The minimum absolute atomic E-state index is 0.136. The molecule has 3 heterocycles. The summed E-state index contributed by atoms with van der Waals surface area (Å²) in [6.45, 7) is 1.70. The molecule has 7 nitrogen and oxygen atoms in total. The summed E-state index contributed by atoms with van der Waals surface area (Å²) >= 11 is 1.35. The third kappa shape index (κ3) is 4.35. The van der Waals surface area contributed by atoms with Crippen LogP contribution in [-0.4, -0.2) is 45.8 Å². The number of rotatable bonds is 5. The summed E-state index contributed by atoms with van der Waals surface area (Å²) in [6, 6.07) is 6.60. The van der Waals surface area contributed by atoms with E-state index in [1.807, 2.05) is 4.90 Å². The number of carbonyl (C=O) groups excluding carboxylic acids is 2. The smallest absolute Gasteiger partial charge is 0.292 e. The van der Waals surface area contributed by atoms with Crippen LogP contribution < -0.4 is 5.32 Å². The minimum atomic E-state index is -0.380. The van der Waals surface area contributed by atoms with Crippen molar-refractivity contribution in [2.45, 2.75) is 24.3 Å². The number of thioether (sulfide) groups is 1. The first-order chi connectivity index (χ1) is 11.7. The van der Waals surface area contributed by atoms with Crippen LogP contribution in [0, 0.1) is 0 Å². The Kier molecular flexibility index (Phi) is 5.47. The molecule has 2 aromatic heterocycles. The van der Waals surface area contributed by atoms with Crippen molar-refractivity contribution in [3.8, 4) is 0 Å². The molecule has 2 amide bonds. The lowest BCUT2D eigenvalue weighted by molar-refractivity contribution is -0.129. The molecule has 0 aromatic carbocycles. The molecule has 0 atom stereocenters. The number of carbonyl (C=O) groups is 2. The van der Waals surface area contributed by atoms with Crippen molar-refractivity contribution in [3.05, 3.63) is 36.3 Å². The Hall–Kier alpha value is -2.35. The lowest BCUT2D eigenvalue weighted by Crippen LogP contribution is -2.36. The van der Waals surface area contributed by atoms with E-state index in [1.54, 1.807) is 24.3 Å². The van der Waals surface area contributed by atoms with Crippen LogP contribution in [0.1, 0.15) is 29.8 Å². The highest BCUT2D eigenvalue weighted by atomic mass is 32.2. The van der Waals surface area contributed by atoms with Gasteiger partial charge in [-0.1, -0.05) is 11.8 Å². The van der Waals surface area contributed by atoms with Crippen LogP contribution in [0.25, 0.3) is 0 Å². The molecule has 8 heteroatoms. The average Bonchev–Trinajstić information content (AvgIpc) is 3.16. The van der Waals surface area contributed by atoms with Crippen LogP contribution in [0.3, 0.4) is 0 Å². The number of hydrogen-bond donors (Lipinski definition) is 1. The molecular weight excluding hydrogens is 328 g/mol. The molecule has 24 heavy (non-hydrogen) atoms. The quantitative estimate of drug-likeness (QED) is 0.837. The normalized spacial score (nSPS) is 14.4. The second-order valence-electron chi connectivity index (χ2n) is 5.42. The number of anilines is 1. The molecule has 0 aliphatic carbocycles. The molecule has 1 aliphatic heterocycles. The van der Waals surface area contributed by atoms with Gasteiger partial charge in [0, 0.05) is 13.1 Å². The van der Waals surface area contributed by atoms with E-state index in [0.29, 0.717) is 16.6 Å². The molecule has 126 valence electrons. The van der Waals surface area contributed by atoms with Gasteiger partial charge in [0.2, 0.25) is 5.91 Å². The van der Waals surface area contributed by atoms with Crippen LogP contribution >= 0.6 is 11.8 Å². The number of amides is 2. The zero-order valence-corrected chi connectivity index (χ0v) is 13.9. The van der Waals surface area contributed by atoms with Crippen molar-refractivity contribution in [3.63, 3.8) is 0 Å². The Morgan fingerprint density at radius 2 is 2.00 bits per heavy atom. The van der Waals surface area contributed by atoms with E-state index in [4.69, 9.17) is 4.42 Å². The molecule has 0 bridgehead atoms. The van der Waals surface area contributed by atoms with Gasteiger partial charge in [0.05, 0.1) is 12.0 Å².